The van der Waals surface area contributed by atoms with Gasteiger partial charge in [-0.15, -0.1) is 0 Å². The molecule has 0 unspecified atom stereocenters. The summed E-state index contributed by atoms with van der Waals surface area (Å²) in [6.07, 6.45) is 0. The van der Waals surface area contributed by atoms with E-state index < -0.39 is 0 Å². The van der Waals surface area contributed by atoms with Crippen LogP contribution in [0.3, 0.4) is 0 Å². The van der Waals surface area contributed by atoms with Gasteiger partial charge in [0, 0.05) is 12.7 Å². The van der Waals surface area contributed by atoms with Gasteiger partial charge in [0.2, 0.25) is 0 Å². The van der Waals surface area contributed by atoms with E-state index in [0.29, 0.717) is 0 Å². The largest absolute Gasteiger partial charge is 0.310 e. The quantitative estimate of drug-likeness (QED) is 0.785. The van der Waals surface area contributed by atoms with Crippen LogP contribution >= 0.6 is 23.2 Å². The van der Waals surface area contributed by atoms with Crippen molar-refractivity contribution in [2.75, 3.05) is 11.9 Å². The average molecular weight is 295 g/mol. The number of anilines is 1. The fraction of sp³-hybridized carbons (Fsp3) is 0.143. The molecule has 1 heterocycles. The maximum Gasteiger partial charge on any atom is 0.278 e. The van der Waals surface area contributed by atoms with Crippen molar-refractivity contribution in [2.45, 2.75) is 6.92 Å². The van der Waals surface area contributed by atoms with E-state index in [2.05, 4.69) is 4.98 Å². The van der Waals surface area contributed by atoms with Crippen LogP contribution in [0.15, 0.2) is 36.4 Å². The second-order valence-electron chi connectivity index (χ2n) is 4.16. The highest BCUT2D eigenvalue weighted by molar-refractivity contribution is 6.35. The van der Waals surface area contributed by atoms with Gasteiger partial charge in [0.05, 0.1) is 5.02 Å². The fourth-order valence-corrected chi connectivity index (χ4v) is 1.95. The molecule has 1 aromatic heterocycles. The third-order valence-electron chi connectivity index (χ3n) is 2.74. The number of hydrogen-bond donors (Lipinski definition) is 0. The molecular formula is C14H12Cl2N2O. The van der Waals surface area contributed by atoms with E-state index >= 15 is 0 Å². The van der Waals surface area contributed by atoms with E-state index in [1.165, 1.54) is 4.90 Å². The molecule has 0 saturated heterocycles. The third-order valence-corrected chi connectivity index (χ3v) is 3.26. The normalized spacial score (nSPS) is 10.3. The first-order valence-electron chi connectivity index (χ1n) is 5.66. The van der Waals surface area contributed by atoms with E-state index in [1.807, 2.05) is 31.2 Å². The predicted molar refractivity (Wildman–Crippen MR) is 78.2 cm³/mol. The number of carbonyl (C=O) groups is 1. The monoisotopic (exact) mass is 294 g/mol. The maximum atomic E-state index is 12.3. The topological polar surface area (TPSA) is 33.2 Å². The number of benzene rings is 1. The van der Waals surface area contributed by atoms with Crippen molar-refractivity contribution in [1.82, 2.24) is 4.98 Å². The van der Waals surface area contributed by atoms with Crippen LogP contribution in [0.1, 0.15) is 16.1 Å². The van der Waals surface area contributed by atoms with Gasteiger partial charge >= 0.3 is 0 Å². The molecule has 0 N–H and O–H groups in total. The Balaban J connectivity index is 2.33. The summed E-state index contributed by atoms with van der Waals surface area (Å²) in [5.74, 6) is -0.295. The Morgan fingerprint density at radius 1 is 1.11 bits per heavy atom. The molecule has 0 aliphatic rings. The van der Waals surface area contributed by atoms with Crippen molar-refractivity contribution in [3.63, 3.8) is 0 Å². The van der Waals surface area contributed by atoms with Crippen molar-refractivity contribution in [1.29, 1.82) is 0 Å². The molecule has 2 rings (SSSR count). The molecule has 0 atom stereocenters. The number of amides is 1. The van der Waals surface area contributed by atoms with Crippen LogP contribution in [0.5, 0.6) is 0 Å². The molecule has 0 spiro atoms. The van der Waals surface area contributed by atoms with Crippen LogP contribution in [-0.4, -0.2) is 17.9 Å². The maximum absolute atomic E-state index is 12.3. The first kappa shape index (κ1) is 13.8. The number of aryl methyl sites for hydroxylation is 1. The van der Waals surface area contributed by atoms with Crippen molar-refractivity contribution >= 4 is 34.8 Å². The highest BCUT2D eigenvalue weighted by atomic mass is 35.5. The minimum Gasteiger partial charge on any atom is -0.310 e. The van der Waals surface area contributed by atoms with Crippen LogP contribution in [-0.2, 0) is 0 Å². The lowest BCUT2D eigenvalue weighted by Crippen LogP contribution is -2.27. The number of carbonyl (C=O) groups excluding carboxylic acids is 1. The van der Waals surface area contributed by atoms with Crippen LogP contribution in [0, 0.1) is 6.92 Å². The highest BCUT2D eigenvalue weighted by Crippen LogP contribution is 2.21. The number of halogens is 2. The Kier molecular flexibility index (Phi) is 4.08. The highest BCUT2D eigenvalue weighted by Gasteiger charge is 2.18. The molecule has 0 saturated carbocycles. The molecule has 0 aliphatic heterocycles. The standard InChI is InChI=1S/C14H12Cl2N2O/c1-9-3-5-10(6-4-9)18(2)14(19)13-11(15)7-8-12(16)17-13/h3-8H,1-2H3. The molecule has 0 aliphatic carbocycles. The summed E-state index contributed by atoms with van der Waals surface area (Å²) >= 11 is 11.8. The van der Waals surface area contributed by atoms with Crippen LogP contribution in [0.4, 0.5) is 5.69 Å². The lowest BCUT2D eigenvalue weighted by Gasteiger charge is -2.17. The molecule has 2 aromatic rings. The van der Waals surface area contributed by atoms with E-state index in [9.17, 15) is 4.79 Å². The minimum absolute atomic E-state index is 0.150. The third kappa shape index (κ3) is 3.06. The van der Waals surface area contributed by atoms with Gasteiger partial charge in [-0.1, -0.05) is 40.9 Å². The predicted octanol–water partition coefficient (Wildman–Crippen LogP) is 3.97. The molecule has 0 fully saturated rings. The van der Waals surface area contributed by atoms with Crippen molar-refractivity contribution < 1.29 is 4.79 Å². The Bertz CT molecular complexity index is 611. The lowest BCUT2D eigenvalue weighted by atomic mass is 10.2. The molecule has 3 nitrogen and oxygen atoms in total. The zero-order valence-electron chi connectivity index (χ0n) is 10.5. The van der Waals surface area contributed by atoms with Crippen LogP contribution in [0.2, 0.25) is 10.2 Å². The summed E-state index contributed by atoms with van der Waals surface area (Å²) in [6, 6.07) is 10.7. The van der Waals surface area contributed by atoms with E-state index in [4.69, 9.17) is 23.2 Å². The summed E-state index contributed by atoms with van der Waals surface area (Å²) in [6.45, 7) is 1.99. The molecule has 1 aromatic carbocycles. The first-order valence-corrected chi connectivity index (χ1v) is 6.41. The van der Waals surface area contributed by atoms with Gasteiger partial charge in [-0.2, -0.15) is 0 Å². The van der Waals surface area contributed by atoms with Gasteiger partial charge in [0.25, 0.3) is 5.91 Å². The Hall–Kier alpha value is -1.58. The van der Waals surface area contributed by atoms with Crippen molar-refractivity contribution in [2.24, 2.45) is 0 Å². The number of aromatic nitrogens is 1. The zero-order chi connectivity index (χ0) is 14.0. The smallest absolute Gasteiger partial charge is 0.278 e. The summed E-state index contributed by atoms with van der Waals surface area (Å²) < 4.78 is 0. The zero-order valence-corrected chi connectivity index (χ0v) is 12.0. The van der Waals surface area contributed by atoms with Crippen LogP contribution < -0.4 is 4.90 Å². The van der Waals surface area contributed by atoms with E-state index in [-0.39, 0.29) is 21.8 Å². The van der Waals surface area contributed by atoms with Gasteiger partial charge in [0.15, 0.2) is 0 Å². The number of pyridine rings is 1. The van der Waals surface area contributed by atoms with Gasteiger partial charge in [-0.3, -0.25) is 4.79 Å². The SMILES string of the molecule is Cc1ccc(N(C)C(=O)c2nc(Cl)ccc2Cl)cc1. The summed E-state index contributed by atoms with van der Waals surface area (Å²) in [5, 5.41) is 0.526. The van der Waals surface area contributed by atoms with Crippen LogP contribution in [0.25, 0.3) is 0 Å². The summed E-state index contributed by atoms with van der Waals surface area (Å²) in [5.41, 5.74) is 2.05. The Labute approximate surface area is 121 Å². The molecule has 98 valence electrons. The van der Waals surface area contributed by atoms with E-state index in [1.54, 1.807) is 19.2 Å². The number of hydrogen-bond acceptors (Lipinski definition) is 2. The second-order valence-corrected chi connectivity index (χ2v) is 4.96. The van der Waals surface area contributed by atoms with Gasteiger partial charge in [-0.05, 0) is 31.2 Å². The fourth-order valence-electron chi connectivity index (χ4n) is 1.61. The number of rotatable bonds is 2. The molecule has 5 heteroatoms. The number of nitrogens with zero attached hydrogens (tertiary/aromatic N) is 2. The molecule has 0 radical (unpaired) electrons. The lowest BCUT2D eigenvalue weighted by molar-refractivity contribution is 0.0988. The van der Waals surface area contributed by atoms with Crippen molar-refractivity contribution in [3.05, 3.63) is 57.8 Å². The molecule has 1 amide bonds. The summed E-state index contributed by atoms with van der Waals surface area (Å²) in [7, 11) is 1.67. The van der Waals surface area contributed by atoms with Gasteiger partial charge in [0.1, 0.15) is 10.8 Å². The summed E-state index contributed by atoms with van der Waals surface area (Å²) in [4.78, 5) is 17.8. The average Bonchev–Trinajstić information content (AvgIpc) is 2.41. The Morgan fingerprint density at radius 2 is 1.74 bits per heavy atom. The van der Waals surface area contributed by atoms with Crippen molar-refractivity contribution in [3.8, 4) is 0 Å². The minimum atomic E-state index is -0.295. The molecule has 0 bridgehead atoms. The Morgan fingerprint density at radius 3 is 2.37 bits per heavy atom. The second kappa shape index (κ2) is 5.59. The van der Waals surface area contributed by atoms with Gasteiger partial charge in [-0.25, -0.2) is 4.98 Å². The molecule has 19 heavy (non-hydrogen) atoms. The van der Waals surface area contributed by atoms with E-state index in [0.717, 1.165) is 11.3 Å². The first-order chi connectivity index (χ1) is 8.99. The molecular weight excluding hydrogens is 283 g/mol. The van der Waals surface area contributed by atoms with Gasteiger partial charge < -0.3 is 4.90 Å².